The Hall–Kier alpha value is -4.31. The van der Waals surface area contributed by atoms with Crippen LogP contribution in [0.1, 0.15) is 24.0 Å². The molecule has 1 aromatic heterocycles. The summed E-state index contributed by atoms with van der Waals surface area (Å²) in [6.45, 7) is 1.73. The number of ether oxygens (including phenoxy) is 4. The van der Waals surface area contributed by atoms with Gasteiger partial charge in [-0.1, -0.05) is 36.4 Å². The molecule has 10 heteroatoms. The fourth-order valence-electron chi connectivity index (χ4n) is 4.31. The van der Waals surface area contributed by atoms with Gasteiger partial charge in [0.2, 0.25) is 0 Å². The SMILES string of the molecule is CCOC(=O)C1=C(N)n2c(sc(=Cc3ccccc3OC)c2=O)=C(C(=O)OC)[C@@H]1c1ccccc1OC. The molecule has 3 aromatic rings. The van der Waals surface area contributed by atoms with Gasteiger partial charge in [-0.2, -0.15) is 0 Å². The Morgan fingerprint density at radius 1 is 0.973 bits per heavy atom. The van der Waals surface area contributed by atoms with Crippen LogP contribution in [0.5, 0.6) is 11.5 Å². The highest BCUT2D eigenvalue weighted by Gasteiger charge is 2.41. The van der Waals surface area contributed by atoms with E-state index in [9.17, 15) is 14.4 Å². The molecule has 9 nitrogen and oxygen atoms in total. The maximum atomic E-state index is 13.6. The fourth-order valence-corrected chi connectivity index (χ4v) is 5.46. The number of carbonyl (C=O) groups excluding carboxylic acids is 2. The van der Waals surface area contributed by atoms with Crippen molar-refractivity contribution in [3.63, 3.8) is 0 Å². The number of carbonyl (C=O) groups is 2. The zero-order valence-electron chi connectivity index (χ0n) is 20.8. The molecule has 0 spiro atoms. The Kier molecular flexibility index (Phi) is 7.49. The third-order valence-electron chi connectivity index (χ3n) is 5.92. The Morgan fingerprint density at radius 3 is 2.27 bits per heavy atom. The Balaban J connectivity index is 2.15. The molecule has 0 fully saturated rings. The minimum Gasteiger partial charge on any atom is -0.496 e. The third kappa shape index (κ3) is 4.51. The summed E-state index contributed by atoms with van der Waals surface area (Å²) >= 11 is 1.06. The number of nitrogens with zero attached hydrogens (tertiary/aromatic N) is 1. The molecular formula is C27H26N2O7S. The van der Waals surface area contributed by atoms with Crippen LogP contribution in [0.3, 0.4) is 0 Å². The largest absolute Gasteiger partial charge is 0.496 e. The second-order valence-electron chi connectivity index (χ2n) is 7.90. The quantitative estimate of drug-likeness (QED) is 0.465. The van der Waals surface area contributed by atoms with Crippen molar-refractivity contribution in [2.45, 2.75) is 12.8 Å². The summed E-state index contributed by atoms with van der Waals surface area (Å²) in [6.07, 6.45) is 1.65. The molecule has 2 aromatic carbocycles. The predicted octanol–water partition coefficient (Wildman–Crippen LogP) is 1.57. The first kappa shape index (κ1) is 25.8. The molecule has 0 bridgehead atoms. The highest BCUT2D eigenvalue weighted by Crippen LogP contribution is 2.41. The Morgan fingerprint density at radius 2 is 1.62 bits per heavy atom. The number of para-hydroxylation sites is 2. The summed E-state index contributed by atoms with van der Waals surface area (Å²) < 4.78 is 23.1. The first-order valence-corrected chi connectivity index (χ1v) is 12.2. The van der Waals surface area contributed by atoms with Gasteiger partial charge in [-0.15, -0.1) is 11.3 Å². The van der Waals surface area contributed by atoms with Crippen LogP contribution in [0.15, 0.2) is 58.9 Å². The Bertz CT molecular complexity index is 1580. The number of rotatable bonds is 7. The van der Waals surface area contributed by atoms with Gasteiger partial charge in [0, 0.05) is 11.1 Å². The highest BCUT2D eigenvalue weighted by molar-refractivity contribution is 7.07. The summed E-state index contributed by atoms with van der Waals surface area (Å²) in [5.41, 5.74) is 7.20. The maximum Gasteiger partial charge on any atom is 0.338 e. The van der Waals surface area contributed by atoms with Gasteiger partial charge in [0.1, 0.15) is 22.0 Å². The van der Waals surface area contributed by atoms with Crippen LogP contribution < -0.4 is 30.0 Å². The van der Waals surface area contributed by atoms with Crippen LogP contribution in [0.2, 0.25) is 0 Å². The molecular weight excluding hydrogens is 496 g/mol. The summed E-state index contributed by atoms with van der Waals surface area (Å²) in [5.74, 6) is -1.60. The van der Waals surface area contributed by atoms with E-state index in [1.165, 1.54) is 21.3 Å². The van der Waals surface area contributed by atoms with E-state index in [4.69, 9.17) is 24.7 Å². The number of methoxy groups -OCH3 is 3. The van der Waals surface area contributed by atoms with Gasteiger partial charge in [-0.05, 0) is 25.1 Å². The van der Waals surface area contributed by atoms with Crippen LogP contribution >= 0.6 is 11.3 Å². The molecule has 2 heterocycles. The van der Waals surface area contributed by atoms with E-state index in [0.717, 1.165) is 15.9 Å². The topological polar surface area (TPSA) is 119 Å². The minimum absolute atomic E-state index is 0.0528. The van der Waals surface area contributed by atoms with Crippen molar-refractivity contribution in [2.75, 3.05) is 27.9 Å². The lowest BCUT2D eigenvalue weighted by Gasteiger charge is -2.27. The lowest BCUT2D eigenvalue weighted by atomic mass is 9.82. The van der Waals surface area contributed by atoms with Crippen molar-refractivity contribution in [1.29, 1.82) is 0 Å². The van der Waals surface area contributed by atoms with Crippen molar-refractivity contribution in [3.05, 3.63) is 84.8 Å². The van der Waals surface area contributed by atoms with E-state index >= 15 is 0 Å². The molecule has 1 aliphatic rings. The van der Waals surface area contributed by atoms with Gasteiger partial charge in [0.15, 0.2) is 0 Å². The van der Waals surface area contributed by atoms with Crippen molar-refractivity contribution < 1.29 is 28.5 Å². The standard InChI is InChI=1S/C27H26N2O7S/c1-5-36-27(32)21-20(16-11-7-9-13-18(16)34-3)22(26(31)35-4)25-29(23(21)28)24(30)19(37-25)14-15-10-6-8-12-17(15)33-2/h6-14,20H,5,28H2,1-4H3/t20-/m1/s1. The second-order valence-corrected chi connectivity index (χ2v) is 8.93. The summed E-state index contributed by atoms with van der Waals surface area (Å²) in [6, 6.07) is 14.2. The summed E-state index contributed by atoms with van der Waals surface area (Å²) in [5, 5.41) is 0. The molecule has 37 heavy (non-hydrogen) atoms. The number of benzene rings is 2. The zero-order valence-corrected chi connectivity index (χ0v) is 21.6. The van der Waals surface area contributed by atoms with Crippen LogP contribution in [-0.4, -0.2) is 44.4 Å². The molecule has 0 saturated heterocycles. The summed E-state index contributed by atoms with van der Waals surface area (Å²) in [7, 11) is 4.25. The maximum absolute atomic E-state index is 13.6. The van der Waals surface area contributed by atoms with Gasteiger partial charge in [-0.25, -0.2) is 9.59 Å². The smallest absolute Gasteiger partial charge is 0.338 e. The molecule has 0 unspecified atom stereocenters. The van der Waals surface area contributed by atoms with Gasteiger partial charge in [-0.3, -0.25) is 9.36 Å². The fraction of sp³-hybridized carbons (Fsp3) is 0.222. The van der Waals surface area contributed by atoms with E-state index in [-0.39, 0.29) is 32.8 Å². The van der Waals surface area contributed by atoms with E-state index in [1.54, 1.807) is 49.4 Å². The average molecular weight is 523 g/mol. The summed E-state index contributed by atoms with van der Waals surface area (Å²) in [4.78, 5) is 40.1. The van der Waals surface area contributed by atoms with E-state index in [2.05, 4.69) is 0 Å². The van der Waals surface area contributed by atoms with E-state index < -0.39 is 23.4 Å². The van der Waals surface area contributed by atoms with Gasteiger partial charge in [0.25, 0.3) is 5.56 Å². The Labute approximate surface area is 216 Å². The number of nitrogens with two attached hydrogens (primary N) is 1. The molecule has 0 amide bonds. The molecule has 1 aliphatic heterocycles. The van der Waals surface area contributed by atoms with Crippen LogP contribution in [0, 0.1) is 0 Å². The van der Waals surface area contributed by atoms with E-state index in [1.807, 2.05) is 12.1 Å². The first-order valence-electron chi connectivity index (χ1n) is 11.4. The van der Waals surface area contributed by atoms with Gasteiger partial charge < -0.3 is 24.7 Å². The number of fused-ring (bicyclic) bond motifs is 1. The zero-order chi connectivity index (χ0) is 26.7. The van der Waals surface area contributed by atoms with Crippen molar-refractivity contribution in [2.24, 2.45) is 5.73 Å². The third-order valence-corrected chi connectivity index (χ3v) is 7.03. The van der Waals surface area contributed by atoms with Crippen molar-refractivity contribution in [3.8, 4) is 11.5 Å². The number of thiazole rings is 1. The first-order chi connectivity index (χ1) is 17.9. The number of esters is 2. The van der Waals surface area contributed by atoms with Gasteiger partial charge in [0.05, 0.1) is 49.5 Å². The molecule has 1 atom stereocenters. The van der Waals surface area contributed by atoms with Crippen LogP contribution in [-0.2, 0) is 19.1 Å². The number of hydrogen-bond acceptors (Lipinski definition) is 9. The lowest BCUT2D eigenvalue weighted by molar-refractivity contribution is -0.138. The number of hydrogen-bond donors (Lipinski definition) is 1. The predicted molar refractivity (Wildman–Crippen MR) is 140 cm³/mol. The monoisotopic (exact) mass is 522 g/mol. The highest BCUT2D eigenvalue weighted by atomic mass is 32.1. The van der Waals surface area contributed by atoms with Crippen LogP contribution in [0.4, 0.5) is 0 Å². The van der Waals surface area contributed by atoms with Crippen molar-refractivity contribution in [1.82, 2.24) is 4.57 Å². The van der Waals surface area contributed by atoms with E-state index in [0.29, 0.717) is 22.6 Å². The second kappa shape index (κ2) is 10.8. The number of aromatic nitrogens is 1. The van der Waals surface area contributed by atoms with Crippen molar-refractivity contribution >= 4 is 40.7 Å². The molecule has 2 N–H and O–H groups in total. The molecule has 192 valence electrons. The van der Waals surface area contributed by atoms with Crippen LogP contribution in [0.25, 0.3) is 17.5 Å². The molecule has 0 aliphatic carbocycles. The van der Waals surface area contributed by atoms with Gasteiger partial charge >= 0.3 is 11.9 Å². The molecule has 0 saturated carbocycles. The average Bonchev–Trinajstić information content (AvgIpc) is 3.24. The normalized spacial score (nSPS) is 15.3. The lowest BCUT2D eigenvalue weighted by Crippen LogP contribution is -2.41. The molecule has 0 radical (unpaired) electrons. The molecule has 4 rings (SSSR count). The minimum atomic E-state index is -1.00.